The zero-order valence-corrected chi connectivity index (χ0v) is 30.1. The lowest BCUT2D eigenvalue weighted by atomic mass is 9.85. The molecular weight excluding hydrogens is 598 g/mol. The van der Waals surface area contributed by atoms with Crippen LogP contribution >= 0.6 is 0 Å². The van der Waals surface area contributed by atoms with Crippen LogP contribution in [-0.2, 0) is 31.9 Å². The molecule has 0 aromatic heterocycles. The number of methoxy groups -OCH3 is 1. The second kappa shape index (κ2) is 15.2. The van der Waals surface area contributed by atoms with E-state index in [-0.39, 0.29) is 5.04 Å². The molecule has 1 unspecified atom stereocenters. The average molecular weight is 650 g/mol. The Hall–Kier alpha value is -3.82. The molecule has 0 aliphatic heterocycles. The smallest absolute Gasteiger partial charge is 0.410 e. The molecule has 0 fully saturated rings. The Labute approximate surface area is 275 Å². The van der Waals surface area contributed by atoms with Gasteiger partial charge >= 0.3 is 12.1 Å². The number of amides is 1. The maximum atomic E-state index is 14.0. The molecule has 3 aromatic carbocycles. The molecule has 0 saturated heterocycles. The van der Waals surface area contributed by atoms with Crippen molar-refractivity contribution in [3.8, 4) is 11.5 Å². The van der Waals surface area contributed by atoms with Gasteiger partial charge in [0, 0.05) is 5.92 Å². The molecule has 0 aliphatic rings. The third-order valence-corrected chi connectivity index (χ3v) is 12.6. The van der Waals surface area contributed by atoms with Crippen LogP contribution in [0.5, 0.6) is 11.5 Å². The molecule has 3 rings (SSSR count). The first-order valence-electron chi connectivity index (χ1n) is 15.8. The number of nitrogens with one attached hydrogen (secondary N) is 1. The van der Waals surface area contributed by atoms with Crippen molar-refractivity contribution in [1.29, 1.82) is 0 Å². The number of rotatable bonds is 13. The number of hydrogen-bond donors (Lipinski definition) is 1. The minimum absolute atomic E-state index is 0.292. The molecule has 3 aromatic rings. The fourth-order valence-corrected chi connectivity index (χ4v) is 6.17. The van der Waals surface area contributed by atoms with Crippen LogP contribution in [-0.4, -0.2) is 38.8 Å². The molecule has 0 bridgehead atoms. The van der Waals surface area contributed by atoms with Gasteiger partial charge in [-0.3, -0.25) is 5.32 Å². The van der Waals surface area contributed by atoms with Crippen molar-refractivity contribution >= 4 is 20.4 Å². The molecule has 0 spiro atoms. The van der Waals surface area contributed by atoms with Gasteiger partial charge in [-0.05, 0) is 74.1 Å². The van der Waals surface area contributed by atoms with Gasteiger partial charge in [0.05, 0.1) is 7.11 Å². The van der Waals surface area contributed by atoms with Gasteiger partial charge in [-0.25, -0.2) is 9.59 Å². The van der Waals surface area contributed by atoms with E-state index in [9.17, 15) is 9.59 Å². The lowest BCUT2D eigenvalue weighted by Crippen LogP contribution is -2.66. The number of carbonyl (C=O) groups excluding carboxylic acids is 2. The largest absolute Gasteiger partial charge is 0.485 e. The second-order valence-electron chi connectivity index (χ2n) is 13.9. The van der Waals surface area contributed by atoms with E-state index in [1.54, 1.807) is 20.8 Å². The SMILES string of the molecule is CCC(c1ccc(OCc2ccccc2)c(OCc2ccccc2)c1)[C@](NC(=O)OC(C)(C)C)(O[Si](C)(C)C(C)(C)C)C(=O)OC. The third-order valence-electron chi connectivity index (χ3n) is 8.14. The molecule has 1 amide bonds. The normalized spacial score (nSPS) is 14.0. The molecule has 2 atom stereocenters. The van der Waals surface area contributed by atoms with Gasteiger partial charge in [0.2, 0.25) is 5.72 Å². The summed E-state index contributed by atoms with van der Waals surface area (Å²) in [7, 11) is -1.42. The van der Waals surface area contributed by atoms with E-state index in [4.69, 9.17) is 23.4 Å². The van der Waals surface area contributed by atoms with E-state index in [1.165, 1.54) is 7.11 Å². The lowest BCUT2D eigenvalue weighted by molar-refractivity contribution is -0.166. The maximum absolute atomic E-state index is 14.0. The molecule has 1 N–H and O–H groups in total. The standard InChI is InChI=1S/C37H51NO7Si/c1-11-30(37(33(39)41-8,38-34(40)44-35(2,3)4)45-46(9,10)36(5,6)7)29-22-23-31(42-25-27-18-14-12-15-19-27)32(24-29)43-26-28-20-16-13-17-21-28/h12-24,30H,11,25-26H2,1-10H3,(H,38,40)/t30?,37-/m0/s1. The number of ether oxygens (including phenoxy) is 4. The molecule has 0 saturated carbocycles. The Kier molecular flexibility index (Phi) is 12.1. The number of alkyl carbamates (subject to hydrolysis) is 1. The summed E-state index contributed by atoms with van der Waals surface area (Å²) < 4.78 is 30.6. The van der Waals surface area contributed by atoms with Gasteiger partial charge in [-0.2, -0.15) is 0 Å². The Morgan fingerprint density at radius 2 is 1.30 bits per heavy atom. The third kappa shape index (κ3) is 9.59. The van der Waals surface area contributed by atoms with Gasteiger partial charge < -0.3 is 23.4 Å². The second-order valence-corrected chi connectivity index (χ2v) is 18.7. The average Bonchev–Trinajstić information content (AvgIpc) is 2.98. The van der Waals surface area contributed by atoms with Crippen molar-refractivity contribution in [1.82, 2.24) is 5.32 Å². The van der Waals surface area contributed by atoms with Crippen molar-refractivity contribution in [2.24, 2.45) is 0 Å². The highest BCUT2D eigenvalue weighted by Crippen LogP contribution is 2.45. The Morgan fingerprint density at radius 3 is 1.76 bits per heavy atom. The van der Waals surface area contributed by atoms with Gasteiger partial charge in [0.15, 0.2) is 19.8 Å². The quantitative estimate of drug-likeness (QED) is 0.112. The highest BCUT2D eigenvalue weighted by molar-refractivity contribution is 6.74. The summed E-state index contributed by atoms with van der Waals surface area (Å²) in [6.45, 7) is 18.2. The summed E-state index contributed by atoms with van der Waals surface area (Å²) >= 11 is 0. The Bertz CT molecular complexity index is 1430. The first-order valence-corrected chi connectivity index (χ1v) is 18.7. The molecule has 46 heavy (non-hydrogen) atoms. The molecule has 0 heterocycles. The van der Waals surface area contributed by atoms with Crippen LogP contribution in [0.15, 0.2) is 78.9 Å². The first kappa shape index (κ1) is 36.6. The zero-order chi connectivity index (χ0) is 34.2. The van der Waals surface area contributed by atoms with Crippen LogP contribution in [0.3, 0.4) is 0 Å². The summed E-state index contributed by atoms with van der Waals surface area (Å²) in [5.41, 5.74) is 0.0169. The van der Waals surface area contributed by atoms with Crippen LogP contribution in [0.4, 0.5) is 4.79 Å². The van der Waals surface area contributed by atoms with E-state index >= 15 is 0 Å². The predicted molar refractivity (Wildman–Crippen MR) is 183 cm³/mol. The number of carbonyl (C=O) groups is 2. The molecular formula is C37H51NO7Si. The van der Waals surface area contributed by atoms with E-state index in [0.29, 0.717) is 36.7 Å². The zero-order valence-electron chi connectivity index (χ0n) is 29.1. The van der Waals surface area contributed by atoms with Crippen molar-refractivity contribution in [3.63, 3.8) is 0 Å². The summed E-state index contributed by atoms with van der Waals surface area (Å²) in [6, 6.07) is 25.3. The number of benzene rings is 3. The molecule has 9 heteroatoms. The van der Waals surface area contributed by atoms with Crippen LogP contribution < -0.4 is 14.8 Å². The van der Waals surface area contributed by atoms with E-state index in [2.05, 4.69) is 26.1 Å². The van der Waals surface area contributed by atoms with Gasteiger partial charge in [-0.15, -0.1) is 0 Å². The van der Waals surface area contributed by atoms with E-state index in [1.807, 2.05) is 98.9 Å². The van der Waals surface area contributed by atoms with Crippen LogP contribution in [0.25, 0.3) is 0 Å². The monoisotopic (exact) mass is 649 g/mol. The summed E-state index contributed by atoms with van der Waals surface area (Å²) in [5, 5.41) is 2.57. The predicted octanol–water partition coefficient (Wildman–Crippen LogP) is 8.75. The number of esters is 1. The van der Waals surface area contributed by atoms with Crippen molar-refractivity contribution in [2.45, 2.75) is 103 Å². The molecule has 250 valence electrons. The molecule has 0 aliphatic carbocycles. The Morgan fingerprint density at radius 1 is 0.783 bits per heavy atom. The molecule has 0 radical (unpaired) electrons. The van der Waals surface area contributed by atoms with Gasteiger partial charge in [0.1, 0.15) is 18.8 Å². The summed E-state index contributed by atoms with van der Waals surface area (Å²) in [6.07, 6.45) is -0.361. The van der Waals surface area contributed by atoms with Crippen molar-refractivity contribution in [2.75, 3.05) is 7.11 Å². The topological polar surface area (TPSA) is 92.3 Å². The van der Waals surface area contributed by atoms with Gasteiger partial charge in [-0.1, -0.05) is 94.4 Å². The number of hydrogen-bond acceptors (Lipinski definition) is 7. The van der Waals surface area contributed by atoms with Crippen LogP contribution in [0, 0.1) is 0 Å². The minimum Gasteiger partial charge on any atom is -0.485 e. The fourth-order valence-electron chi connectivity index (χ4n) is 4.78. The van der Waals surface area contributed by atoms with Crippen molar-refractivity contribution in [3.05, 3.63) is 95.6 Å². The summed E-state index contributed by atoms with van der Waals surface area (Å²) in [5.74, 6) is -0.346. The van der Waals surface area contributed by atoms with E-state index in [0.717, 1.165) is 11.1 Å². The summed E-state index contributed by atoms with van der Waals surface area (Å²) in [4.78, 5) is 27.4. The highest BCUT2D eigenvalue weighted by atomic mass is 28.4. The lowest BCUT2D eigenvalue weighted by Gasteiger charge is -2.47. The van der Waals surface area contributed by atoms with Crippen LogP contribution in [0.1, 0.15) is 77.5 Å². The van der Waals surface area contributed by atoms with Crippen LogP contribution in [0.2, 0.25) is 18.1 Å². The highest BCUT2D eigenvalue weighted by Gasteiger charge is 2.56. The Balaban J connectivity index is 2.15. The first-order chi connectivity index (χ1) is 21.5. The fraction of sp³-hybridized carbons (Fsp3) is 0.459. The molecule has 8 nitrogen and oxygen atoms in total. The minimum atomic E-state index is -2.72. The van der Waals surface area contributed by atoms with Crippen molar-refractivity contribution < 1.29 is 33.0 Å². The van der Waals surface area contributed by atoms with Gasteiger partial charge in [0.25, 0.3) is 0 Å². The maximum Gasteiger partial charge on any atom is 0.410 e. The van der Waals surface area contributed by atoms with E-state index < -0.39 is 37.6 Å².